The van der Waals surface area contributed by atoms with Gasteiger partial charge in [0.15, 0.2) is 5.96 Å². The number of alkyl halides is 3. The number of guanidine groups is 1. The lowest BCUT2D eigenvalue weighted by molar-refractivity contribution is -0.274. The van der Waals surface area contributed by atoms with Gasteiger partial charge in [0.2, 0.25) is 5.91 Å². The molecule has 2 heterocycles. The van der Waals surface area contributed by atoms with Crippen LogP contribution in [0, 0.1) is 0 Å². The number of hydrogen-bond acceptors (Lipinski definition) is 4. The summed E-state index contributed by atoms with van der Waals surface area (Å²) >= 11 is 0. The summed E-state index contributed by atoms with van der Waals surface area (Å²) in [6.45, 7) is 1.22. The monoisotopic (exact) mass is 436 g/mol. The van der Waals surface area contributed by atoms with Gasteiger partial charge in [0.05, 0.1) is 11.9 Å². The van der Waals surface area contributed by atoms with Gasteiger partial charge in [-0.2, -0.15) is 5.10 Å². The van der Waals surface area contributed by atoms with E-state index in [0.29, 0.717) is 31.0 Å². The van der Waals surface area contributed by atoms with Crippen molar-refractivity contribution in [2.45, 2.75) is 24.7 Å². The Kier molecular flexibility index (Phi) is 5.50. The Morgan fingerprint density at radius 3 is 2.71 bits per heavy atom. The number of piperazine rings is 1. The number of nitrogens with zero attached hydrogens (tertiary/aromatic N) is 5. The predicted octanol–water partition coefficient (Wildman–Crippen LogP) is 2.10. The third-order valence-electron chi connectivity index (χ3n) is 5.38. The summed E-state index contributed by atoms with van der Waals surface area (Å²) in [5.74, 6) is 0.182. The molecule has 1 aliphatic heterocycles. The minimum Gasteiger partial charge on any atom is -0.405 e. The third kappa shape index (κ3) is 4.75. The van der Waals surface area contributed by atoms with Crippen LogP contribution in [0.4, 0.5) is 18.9 Å². The van der Waals surface area contributed by atoms with Gasteiger partial charge in [-0.3, -0.25) is 14.5 Å². The molecule has 1 aromatic carbocycles. The van der Waals surface area contributed by atoms with Crippen molar-refractivity contribution in [2.75, 3.05) is 31.6 Å². The number of amides is 1. The average Bonchev–Trinajstić information content (AvgIpc) is 3.34. The Morgan fingerprint density at radius 2 is 2.06 bits per heavy atom. The van der Waals surface area contributed by atoms with Crippen molar-refractivity contribution in [2.24, 2.45) is 12.0 Å². The van der Waals surface area contributed by atoms with E-state index in [0.717, 1.165) is 5.69 Å². The highest BCUT2D eigenvalue weighted by molar-refractivity contribution is 5.98. The fraction of sp³-hybridized carbons (Fsp3) is 0.450. The van der Waals surface area contributed by atoms with Gasteiger partial charge in [-0.1, -0.05) is 18.2 Å². The van der Waals surface area contributed by atoms with Gasteiger partial charge < -0.3 is 19.9 Å². The number of carbonyl (C=O) groups is 1. The second-order valence-electron chi connectivity index (χ2n) is 7.57. The van der Waals surface area contributed by atoms with Crippen molar-refractivity contribution in [3.8, 4) is 5.75 Å². The zero-order valence-corrected chi connectivity index (χ0v) is 17.1. The van der Waals surface area contributed by atoms with Crippen LogP contribution in [0.1, 0.15) is 17.9 Å². The second-order valence-corrected chi connectivity index (χ2v) is 7.57. The molecular formula is C20H23F3N6O2. The van der Waals surface area contributed by atoms with Crippen molar-refractivity contribution in [1.29, 1.82) is 0 Å². The molecule has 2 unspecified atom stereocenters. The Morgan fingerprint density at radius 1 is 1.29 bits per heavy atom. The van der Waals surface area contributed by atoms with Gasteiger partial charge in [0.25, 0.3) is 0 Å². The summed E-state index contributed by atoms with van der Waals surface area (Å²) < 4.78 is 43.9. The van der Waals surface area contributed by atoms with Crippen molar-refractivity contribution in [3.05, 3.63) is 42.2 Å². The SMILES string of the molecule is CN=C(NC1CC1c1ccccc1OC(F)(F)F)N1CCN(c2cnn(C)c2)C(=O)C1. The highest BCUT2D eigenvalue weighted by atomic mass is 19.4. The molecule has 2 fully saturated rings. The van der Waals surface area contributed by atoms with E-state index in [-0.39, 0.29) is 30.2 Å². The summed E-state index contributed by atoms with van der Waals surface area (Å²) in [6, 6.07) is 6.10. The van der Waals surface area contributed by atoms with E-state index >= 15 is 0 Å². The minimum absolute atomic E-state index is 0.0709. The number of hydrogen-bond donors (Lipinski definition) is 1. The molecular weight excluding hydrogens is 413 g/mol. The smallest absolute Gasteiger partial charge is 0.405 e. The van der Waals surface area contributed by atoms with Gasteiger partial charge in [-0.15, -0.1) is 13.2 Å². The van der Waals surface area contributed by atoms with E-state index in [1.807, 2.05) is 4.90 Å². The number of para-hydroxylation sites is 1. The van der Waals surface area contributed by atoms with Crippen LogP contribution in [0.2, 0.25) is 0 Å². The van der Waals surface area contributed by atoms with Gasteiger partial charge in [-0.25, -0.2) is 0 Å². The van der Waals surface area contributed by atoms with Crippen molar-refractivity contribution in [3.63, 3.8) is 0 Å². The number of rotatable bonds is 4. The fourth-order valence-electron chi connectivity index (χ4n) is 3.84. The highest BCUT2D eigenvalue weighted by Gasteiger charge is 2.43. The predicted molar refractivity (Wildman–Crippen MR) is 108 cm³/mol. The summed E-state index contributed by atoms with van der Waals surface area (Å²) in [7, 11) is 3.42. The van der Waals surface area contributed by atoms with Crippen LogP contribution in [0.3, 0.4) is 0 Å². The molecule has 1 aliphatic carbocycles. The van der Waals surface area contributed by atoms with Crippen LogP contribution in [0.5, 0.6) is 5.75 Å². The van der Waals surface area contributed by atoms with E-state index in [1.54, 1.807) is 48.2 Å². The topological polar surface area (TPSA) is 75.0 Å². The summed E-state index contributed by atoms with van der Waals surface area (Å²) in [6.07, 6.45) is -0.648. The number of anilines is 1. The summed E-state index contributed by atoms with van der Waals surface area (Å²) in [4.78, 5) is 20.4. The normalized spacial score (nSPS) is 22.0. The molecule has 1 saturated heterocycles. The molecule has 2 aliphatic rings. The molecule has 0 spiro atoms. The number of carbonyl (C=O) groups excluding carboxylic acids is 1. The number of ether oxygens (including phenoxy) is 1. The van der Waals surface area contributed by atoms with Gasteiger partial charge >= 0.3 is 6.36 Å². The Bertz CT molecular complexity index is 989. The lowest BCUT2D eigenvalue weighted by Crippen LogP contribution is -2.55. The third-order valence-corrected chi connectivity index (χ3v) is 5.38. The van der Waals surface area contributed by atoms with E-state index < -0.39 is 6.36 Å². The maximum Gasteiger partial charge on any atom is 0.573 e. The second kappa shape index (κ2) is 8.12. The molecule has 8 nitrogen and oxygen atoms in total. The zero-order valence-electron chi connectivity index (χ0n) is 17.1. The molecule has 2 aromatic rings. The van der Waals surface area contributed by atoms with Gasteiger partial charge in [0, 0.05) is 45.3 Å². The maximum absolute atomic E-state index is 12.7. The van der Waals surface area contributed by atoms with Crippen LogP contribution in [-0.2, 0) is 11.8 Å². The van der Waals surface area contributed by atoms with E-state index in [9.17, 15) is 18.0 Å². The highest BCUT2D eigenvalue weighted by Crippen LogP contribution is 2.45. The van der Waals surface area contributed by atoms with Crippen LogP contribution in [-0.4, -0.2) is 65.6 Å². The molecule has 31 heavy (non-hydrogen) atoms. The van der Waals surface area contributed by atoms with Crippen molar-refractivity contribution in [1.82, 2.24) is 20.0 Å². The Balaban J connectivity index is 1.38. The number of aryl methyl sites for hydroxylation is 1. The largest absolute Gasteiger partial charge is 0.573 e. The molecule has 1 amide bonds. The lowest BCUT2D eigenvalue weighted by Gasteiger charge is -2.35. The molecule has 1 saturated carbocycles. The summed E-state index contributed by atoms with van der Waals surface area (Å²) in [5, 5.41) is 7.38. The molecule has 1 N–H and O–H groups in total. The van der Waals surface area contributed by atoms with E-state index in [1.165, 1.54) is 12.1 Å². The van der Waals surface area contributed by atoms with Crippen molar-refractivity contribution >= 4 is 17.6 Å². The number of nitrogens with one attached hydrogen (secondary N) is 1. The fourth-order valence-corrected chi connectivity index (χ4v) is 3.84. The first-order valence-corrected chi connectivity index (χ1v) is 9.87. The molecule has 166 valence electrons. The summed E-state index contributed by atoms with van der Waals surface area (Å²) in [5.41, 5.74) is 1.25. The molecule has 4 rings (SSSR count). The van der Waals surface area contributed by atoms with E-state index in [4.69, 9.17) is 0 Å². The number of benzene rings is 1. The van der Waals surface area contributed by atoms with E-state index in [2.05, 4.69) is 20.1 Å². The van der Waals surface area contributed by atoms with Crippen LogP contribution >= 0.6 is 0 Å². The maximum atomic E-state index is 12.7. The number of halogens is 3. The number of aromatic nitrogens is 2. The van der Waals surface area contributed by atoms with Crippen LogP contribution in [0.15, 0.2) is 41.7 Å². The average molecular weight is 436 g/mol. The first-order valence-electron chi connectivity index (χ1n) is 9.87. The van der Waals surface area contributed by atoms with Gasteiger partial charge in [0.1, 0.15) is 12.3 Å². The molecule has 0 radical (unpaired) electrons. The van der Waals surface area contributed by atoms with Crippen LogP contribution < -0.4 is 15.0 Å². The standard InChI is InChI=1S/C20H23F3N6O2/c1-24-19(28-7-8-29(18(30)12-28)13-10-25-27(2)11-13)26-16-9-15(16)14-5-3-4-6-17(14)31-20(21,22)23/h3-6,10-11,15-16H,7-9,12H2,1-2H3,(H,24,26). The number of aliphatic imine (C=N–C) groups is 1. The first kappa shape index (κ1) is 21.0. The minimum atomic E-state index is -4.74. The lowest BCUT2D eigenvalue weighted by atomic mass is 10.1. The zero-order chi connectivity index (χ0) is 22.2. The van der Waals surface area contributed by atoms with Crippen LogP contribution in [0.25, 0.3) is 0 Å². The Labute approximate surface area is 177 Å². The molecule has 2 atom stereocenters. The molecule has 1 aromatic heterocycles. The Hall–Kier alpha value is -3.24. The first-order chi connectivity index (χ1) is 14.7. The quantitative estimate of drug-likeness (QED) is 0.587. The van der Waals surface area contributed by atoms with Crippen molar-refractivity contribution < 1.29 is 22.7 Å². The van der Waals surface area contributed by atoms with Gasteiger partial charge in [-0.05, 0) is 18.1 Å². The molecule has 0 bridgehead atoms. The molecule has 11 heteroatoms.